The molecule has 3 fully saturated rings. The number of fused-ring (bicyclic) bond motifs is 5. The molecule has 0 aromatic rings. The molecule has 3 aliphatic rings. The SMILES string of the molecule is CC1C(C)C2OC1C1C(C)(C)OC(C)(C)C21C. The van der Waals surface area contributed by atoms with Crippen molar-refractivity contribution in [3.05, 3.63) is 0 Å². The zero-order chi connectivity index (χ0) is 12.8. The van der Waals surface area contributed by atoms with E-state index in [2.05, 4.69) is 48.5 Å². The summed E-state index contributed by atoms with van der Waals surface area (Å²) in [5.74, 6) is 1.84. The minimum atomic E-state index is -0.0883. The van der Waals surface area contributed by atoms with Crippen LogP contribution in [0.1, 0.15) is 48.5 Å². The van der Waals surface area contributed by atoms with Crippen molar-refractivity contribution >= 4 is 0 Å². The van der Waals surface area contributed by atoms with Crippen LogP contribution in [-0.2, 0) is 9.47 Å². The minimum Gasteiger partial charge on any atom is -0.373 e. The van der Waals surface area contributed by atoms with Crippen LogP contribution < -0.4 is 0 Å². The third-order valence-electron chi connectivity index (χ3n) is 6.26. The van der Waals surface area contributed by atoms with E-state index in [9.17, 15) is 0 Å². The summed E-state index contributed by atoms with van der Waals surface area (Å²) in [6.07, 6.45) is 0.751. The topological polar surface area (TPSA) is 18.5 Å². The van der Waals surface area contributed by atoms with E-state index in [1.165, 1.54) is 0 Å². The van der Waals surface area contributed by atoms with Gasteiger partial charge in [0.05, 0.1) is 23.4 Å². The van der Waals surface area contributed by atoms with E-state index in [1.54, 1.807) is 0 Å². The summed E-state index contributed by atoms with van der Waals surface area (Å²) >= 11 is 0. The largest absolute Gasteiger partial charge is 0.373 e. The van der Waals surface area contributed by atoms with E-state index >= 15 is 0 Å². The predicted octanol–water partition coefficient (Wildman–Crippen LogP) is 3.25. The number of hydrogen-bond acceptors (Lipinski definition) is 2. The predicted molar refractivity (Wildman–Crippen MR) is 67.8 cm³/mol. The average molecular weight is 238 g/mol. The van der Waals surface area contributed by atoms with Crippen molar-refractivity contribution in [1.82, 2.24) is 0 Å². The van der Waals surface area contributed by atoms with E-state index in [0.29, 0.717) is 30.0 Å². The van der Waals surface area contributed by atoms with Gasteiger partial charge < -0.3 is 9.47 Å². The zero-order valence-electron chi connectivity index (χ0n) is 12.2. The molecule has 0 aromatic carbocycles. The molecule has 0 saturated carbocycles. The molecular weight excluding hydrogens is 212 g/mol. The van der Waals surface area contributed by atoms with E-state index in [0.717, 1.165) is 0 Å². The Bertz CT molecular complexity index is 360. The quantitative estimate of drug-likeness (QED) is 0.645. The van der Waals surface area contributed by atoms with E-state index in [-0.39, 0.29) is 16.6 Å². The maximum atomic E-state index is 6.40. The third-order valence-corrected chi connectivity index (χ3v) is 6.26. The third kappa shape index (κ3) is 1.10. The van der Waals surface area contributed by atoms with Gasteiger partial charge in [-0.05, 0) is 39.5 Å². The molecule has 3 rings (SSSR count). The van der Waals surface area contributed by atoms with Crippen molar-refractivity contribution in [2.75, 3.05) is 0 Å². The second-order valence-corrected chi connectivity index (χ2v) is 7.72. The normalized spacial score (nSPS) is 58.4. The highest BCUT2D eigenvalue weighted by Crippen LogP contribution is 2.69. The van der Waals surface area contributed by atoms with Crippen LogP contribution in [0.2, 0.25) is 0 Å². The van der Waals surface area contributed by atoms with Crippen molar-refractivity contribution < 1.29 is 9.47 Å². The molecule has 0 N–H and O–H groups in total. The van der Waals surface area contributed by atoms with Crippen molar-refractivity contribution in [3.63, 3.8) is 0 Å². The Labute approximate surface area is 105 Å². The molecule has 6 unspecified atom stereocenters. The Morgan fingerprint density at radius 1 is 0.882 bits per heavy atom. The fourth-order valence-corrected chi connectivity index (χ4v) is 5.25. The molecule has 17 heavy (non-hydrogen) atoms. The first-order chi connectivity index (χ1) is 7.63. The molecule has 3 aliphatic heterocycles. The van der Waals surface area contributed by atoms with Gasteiger partial charge in [-0.25, -0.2) is 0 Å². The Balaban J connectivity index is 2.12. The molecule has 2 bridgehead atoms. The van der Waals surface area contributed by atoms with Crippen molar-refractivity contribution in [3.8, 4) is 0 Å². The fourth-order valence-electron chi connectivity index (χ4n) is 5.25. The van der Waals surface area contributed by atoms with Gasteiger partial charge in [-0.15, -0.1) is 0 Å². The molecule has 6 atom stereocenters. The van der Waals surface area contributed by atoms with Gasteiger partial charge in [0.1, 0.15) is 0 Å². The van der Waals surface area contributed by atoms with E-state index < -0.39 is 0 Å². The van der Waals surface area contributed by atoms with Gasteiger partial charge in [0.2, 0.25) is 0 Å². The standard InChI is InChI=1S/C15H26O2/c1-8-9(2)12-15(7)11(10(8)16-12)13(3,4)17-14(15,5)6/h8-12H,1-7H3. The summed E-state index contributed by atoms with van der Waals surface area (Å²) in [6, 6.07) is 0. The lowest BCUT2D eigenvalue weighted by molar-refractivity contribution is -0.130. The maximum Gasteiger partial charge on any atom is 0.0716 e. The van der Waals surface area contributed by atoms with Gasteiger partial charge >= 0.3 is 0 Å². The van der Waals surface area contributed by atoms with Gasteiger partial charge in [-0.3, -0.25) is 0 Å². The first-order valence-electron chi connectivity index (χ1n) is 6.98. The Morgan fingerprint density at radius 3 is 2.06 bits per heavy atom. The van der Waals surface area contributed by atoms with Crippen LogP contribution in [0, 0.1) is 23.2 Å². The van der Waals surface area contributed by atoms with Crippen LogP contribution >= 0.6 is 0 Å². The molecule has 2 heteroatoms. The van der Waals surface area contributed by atoms with Gasteiger partial charge in [-0.1, -0.05) is 20.8 Å². The van der Waals surface area contributed by atoms with Crippen LogP contribution in [0.5, 0.6) is 0 Å². The van der Waals surface area contributed by atoms with Crippen molar-refractivity contribution in [2.45, 2.75) is 71.9 Å². The molecule has 3 heterocycles. The fraction of sp³-hybridized carbons (Fsp3) is 1.00. The molecular formula is C15H26O2. The van der Waals surface area contributed by atoms with E-state index in [1.807, 2.05) is 0 Å². The van der Waals surface area contributed by atoms with Crippen LogP contribution in [0.3, 0.4) is 0 Å². The lowest BCUT2D eigenvalue weighted by Gasteiger charge is -2.45. The van der Waals surface area contributed by atoms with Crippen LogP contribution in [0.15, 0.2) is 0 Å². The summed E-state index contributed by atoms with van der Waals surface area (Å²) in [5.41, 5.74) is 0.00808. The lowest BCUT2D eigenvalue weighted by atomic mass is 9.54. The second kappa shape index (κ2) is 2.91. The molecule has 0 amide bonds. The Morgan fingerprint density at radius 2 is 1.47 bits per heavy atom. The highest BCUT2D eigenvalue weighted by atomic mass is 16.6. The first kappa shape index (κ1) is 12.0. The highest BCUT2D eigenvalue weighted by molar-refractivity contribution is 5.22. The van der Waals surface area contributed by atoms with E-state index in [4.69, 9.17) is 9.47 Å². The summed E-state index contributed by atoms with van der Waals surface area (Å²) in [5, 5.41) is 0. The number of ether oxygens (including phenoxy) is 2. The Kier molecular flexibility index (Phi) is 2.05. The smallest absolute Gasteiger partial charge is 0.0716 e. The minimum absolute atomic E-state index is 0.0634. The first-order valence-corrected chi connectivity index (χ1v) is 6.98. The van der Waals surface area contributed by atoms with Gasteiger partial charge in [0.15, 0.2) is 0 Å². The van der Waals surface area contributed by atoms with Gasteiger partial charge in [0, 0.05) is 11.3 Å². The number of hydrogen-bond donors (Lipinski definition) is 0. The van der Waals surface area contributed by atoms with Crippen LogP contribution in [0.4, 0.5) is 0 Å². The highest BCUT2D eigenvalue weighted by Gasteiger charge is 2.75. The average Bonchev–Trinajstić information content (AvgIpc) is 2.65. The summed E-state index contributed by atoms with van der Waals surface area (Å²) < 4.78 is 12.8. The summed E-state index contributed by atoms with van der Waals surface area (Å²) in [4.78, 5) is 0. The van der Waals surface area contributed by atoms with Gasteiger partial charge in [0.25, 0.3) is 0 Å². The monoisotopic (exact) mass is 238 g/mol. The molecule has 0 spiro atoms. The second-order valence-electron chi connectivity index (χ2n) is 7.72. The summed E-state index contributed by atoms with van der Waals surface area (Å²) in [6.45, 7) is 16.1. The maximum absolute atomic E-state index is 6.40. The molecule has 98 valence electrons. The molecule has 2 nitrogen and oxygen atoms in total. The Hall–Kier alpha value is -0.0800. The molecule has 0 aromatic heterocycles. The van der Waals surface area contributed by atoms with Gasteiger partial charge in [-0.2, -0.15) is 0 Å². The molecule has 0 aliphatic carbocycles. The summed E-state index contributed by atoms with van der Waals surface area (Å²) in [7, 11) is 0. The lowest BCUT2D eigenvalue weighted by Crippen LogP contribution is -2.53. The zero-order valence-corrected chi connectivity index (χ0v) is 12.2. The molecule has 3 saturated heterocycles. The molecule has 0 radical (unpaired) electrons. The van der Waals surface area contributed by atoms with Crippen LogP contribution in [-0.4, -0.2) is 23.4 Å². The number of rotatable bonds is 0. The van der Waals surface area contributed by atoms with Crippen molar-refractivity contribution in [2.24, 2.45) is 23.2 Å². The van der Waals surface area contributed by atoms with Crippen LogP contribution in [0.25, 0.3) is 0 Å². The van der Waals surface area contributed by atoms with Crippen molar-refractivity contribution in [1.29, 1.82) is 0 Å².